The van der Waals surface area contributed by atoms with E-state index >= 15 is 0 Å². The van der Waals surface area contributed by atoms with E-state index in [1.807, 2.05) is 62.4 Å². The number of sulfone groups is 1. The molecule has 0 fully saturated rings. The SMILES string of the molecule is Cc1ccc(CC#CS(=O)(=O)CCCc2ccc(C)cc2)cc1. The van der Waals surface area contributed by atoms with Gasteiger partial charge in [0.1, 0.15) is 0 Å². The molecule has 0 N–H and O–H groups in total. The van der Waals surface area contributed by atoms with E-state index in [4.69, 9.17) is 0 Å². The van der Waals surface area contributed by atoms with E-state index in [2.05, 4.69) is 11.2 Å². The van der Waals surface area contributed by atoms with Crippen molar-refractivity contribution in [3.63, 3.8) is 0 Å². The van der Waals surface area contributed by atoms with Crippen molar-refractivity contribution in [2.45, 2.75) is 33.1 Å². The first-order valence-corrected chi connectivity index (χ1v) is 9.43. The Morgan fingerprint density at radius 2 is 1.35 bits per heavy atom. The second-order valence-electron chi connectivity index (χ2n) is 5.85. The molecule has 0 amide bonds. The molecule has 0 aliphatic rings. The highest BCUT2D eigenvalue weighted by Crippen LogP contribution is 2.07. The summed E-state index contributed by atoms with van der Waals surface area (Å²) in [6, 6.07) is 16.2. The van der Waals surface area contributed by atoms with Gasteiger partial charge >= 0.3 is 0 Å². The lowest BCUT2D eigenvalue weighted by Crippen LogP contribution is -2.04. The molecule has 0 radical (unpaired) electrons. The van der Waals surface area contributed by atoms with E-state index < -0.39 is 9.84 Å². The molecule has 0 aromatic heterocycles. The highest BCUT2D eigenvalue weighted by molar-refractivity contribution is 7.96. The van der Waals surface area contributed by atoms with Gasteiger partial charge in [-0.05, 0) is 37.8 Å². The fraction of sp³-hybridized carbons (Fsp3) is 0.300. The monoisotopic (exact) mass is 326 g/mol. The smallest absolute Gasteiger partial charge is 0.215 e. The van der Waals surface area contributed by atoms with Crippen molar-refractivity contribution < 1.29 is 8.42 Å². The summed E-state index contributed by atoms with van der Waals surface area (Å²) in [5, 5.41) is 2.44. The van der Waals surface area contributed by atoms with Gasteiger partial charge in [0.25, 0.3) is 0 Å². The third kappa shape index (κ3) is 6.30. The van der Waals surface area contributed by atoms with Crippen LogP contribution in [0.15, 0.2) is 48.5 Å². The molecule has 0 spiro atoms. The molecule has 0 atom stereocenters. The first-order valence-electron chi connectivity index (χ1n) is 7.78. The van der Waals surface area contributed by atoms with Crippen molar-refractivity contribution in [2.24, 2.45) is 0 Å². The summed E-state index contributed by atoms with van der Waals surface area (Å²) >= 11 is 0. The second-order valence-corrected chi connectivity index (χ2v) is 7.69. The summed E-state index contributed by atoms with van der Waals surface area (Å²) in [4.78, 5) is 0. The average molecular weight is 326 g/mol. The van der Waals surface area contributed by atoms with E-state index in [-0.39, 0.29) is 5.75 Å². The van der Waals surface area contributed by atoms with Crippen molar-refractivity contribution in [2.75, 3.05) is 5.75 Å². The van der Waals surface area contributed by atoms with Gasteiger partial charge in [0.05, 0.1) is 5.75 Å². The predicted molar refractivity (Wildman–Crippen MR) is 95.9 cm³/mol. The van der Waals surface area contributed by atoms with Crippen LogP contribution in [0.2, 0.25) is 0 Å². The summed E-state index contributed by atoms with van der Waals surface area (Å²) in [6.07, 6.45) is 1.83. The molecule has 3 heteroatoms. The number of hydrogen-bond donors (Lipinski definition) is 0. The van der Waals surface area contributed by atoms with E-state index in [9.17, 15) is 8.42 Å². The zero-order chi connectivity index (χ0) is 16.7. The Labute approximate surface area is 139 Å². The summed E-state index contributed by atoms with van der Waals surface area (Å²) < 4.78 is 23.9. The largest absolute Gasteiger partial charge is 0.216 e. The molecular weight excluding hydrogens is 304 g/mol. The van der Waals surface area contributed by atoms with Crippen LogP contribution in [0, 0.1) is 25.0 Å². The fourth-order valence-electron chi connectivity index (χ4n) is 2.23. The minimum Gasteiger partial charge on any atom is -0.215 e. The Bertz CT molecular complexity index is 789. The molecule has 23 heavy (non-hydrogen) atoms. The molecule has 0 unspecified atom stereocenters. The molecule has 0 heterocycles. The zero-order valence-corrected chi connectivity index (χ0v) is 14.5. The molecule has 120 valence electrons. The lowest BCUT2D eigenvalue weighted by molar-refractivity contribution is 0.603. The predicted octanol–water partition coefficient (Wildman–Crippen LogP) is 3.85. The van der Waals surface area contributed by atoms with Gasteiger partial charge in [-0.25, -0.2) is 8.42 Å². The van der Waals surface area contributed by atoms with Gasteiger partial charge in [-0.3, -0.25) is 0 Å². The third-order valence-electron chi connectivity index (χ3n) is 3.64. The summed E-state index contributed by atoms with van der Waals surface area (Å²) in [7, 11) is -3.30. The quantitative estimate of drug-likeness (QED) is 0.618. The number of hydrogen-bond acceptors (Lipinski definition) is 2. The van der Waals surface area contributed by atoms with Crippen molar-refractivity contribution in [3.05, 3.63) is 70.8 Å². The lowest BCUT2D eigenvalue weighted by atomic mass is 10.1. The van der Waals surface area contributed by atoms with Gasteiger partial charge in [0, 0.05) is 11.7 Å². The molecule has 0 saturated carbocycles. The number of benzene rings is 2. The minimum absolute atomic E-state index is 0.113. The molecule has 0 bridgehead atoms. The van der Waals surface area contributed by atoms with Crippen molar-refractivity contribution in [1.82, 2.24) is 0 Å². The zero-order valence-electron chi connectivity index (χ0n) is 13.7. The first-order chi connectivity index (χ1) is 10.9. The fourth-order valence-corrected chi connectivity index (χ4v) is 3.14. The van der Waals surface area contributed by atoms with Crippen LogP contribution in [0.1, 0.15) is 28.7 Å². The first kappa shape index (κ1) is 17.3. The highest BCUT2D eigenvalue weighted by atomic mass is 32.2. The summed E-state index contributed by atoms with van der Waals surface area (Å²) in [5.74, 6) is 2.89. The van der Waals surface area contributed by atoms with Crippen LogP contribution in [0.5, 0.6) is 0 Å². The van der Waals surface area contributed by atoms with Crippen molar-refractivity contribution in [1.29, 1.82) is 0 Å². The van der Waals surface area contributed by atoms with E-state index in [0.29, 0.717) is 12.8 Å². The van der Waals surface area contributed by atoms with E-state index in [1.165, 1.54) is 16.7 Å². The van der Waals surface area contributed by atoms with Crippen LogP contribution in [0.4, 0.5) is 0 Å². The van der Waals surface area contributed by atoms with Gasteiger partial charge in [-0.2, -0.15) is 0 Å². The van der Waals surface area contributed by atoms with Crippen LogP contribution < -0.4 is 0 Å². The standard InChI is InChI=1S/C20H22O2S/c1-17-7-11-19(12-8-17)5-3-15-23(21,22)16-4-6-20-13-9-18(2)10-14-20/h7-14H,3,5-6,15H2,1-2H3. The third-order valence-corrected chi connectivity index (χ3v) is 4.92. The average Bonchev–Trinajstić information content (AvgIpc) is 2.51. The molecule has 0 aliphatic carbocycles. The Balaban J connectivity index is 1.83. The maximum Gasteiger partial charge on any atom is 0.216 e. The summed E-state index contributed by atoms with van der Waals surface area (Å²) in [5.41, 5.74) is 4.60. The maximum atomic E-state index is 11.9. The van der Waals surface area contributed by atoms with Crippen molar-refractivity contribution >= 4 is 9.84 Å². The van der Waals surface area contributed by atoms with Gasteiger partial charge < -0.3 is 0 Å². The van der Waals surface area contributed by atoms with Crippen LogP contribution in [0.25, 0.3) is 0 Å². The molecule has 0 aliphatic heterocycles. The maximum absolute atomic E-state index is 11.9. The normalized spacial score (nSPS) is 10.9. The van der Waals surface area contributed by atoms with E-state index in [0.717, 1.165) is 12.0 Å². The molecule has 2 rings (SSSR count). The van der Waals surface area contributed by atoms with Gasteiger partial charge in [-0.15, -0.1) is 0 Å². The topological polar surface area (TPSA) is 34.1 Å². The number of rotatable bonds is 5. The highest BCUT2D eigenvalue weighted by Gasteiger charge is 2.06. The lowest BCUT2D eigenvalue weighted by Gasteiger charge is -2.01. The van der Waals surface area contributed by atoms with Crippen LogP contribution in [-0.2, 0) is 22.7 Å². The molecular formula is C20H22O2S. The second kappa shape index (κ2) is 7.99. The van der Waals surface area contributed by atoms with E-state index in [1.54, 1.807) is 0 Å². The van der Waals surface area contributed by atoms with Gasteiger partial charge in [0.2, 0.25) is 9.84 Å². The van der Waals surface area contributed by atoms with Gasteiger partial charge in [-0.1, -0.05) is 65.6 Å². The molecule has 0 saturated heterocycles. The van der Waals surface area contributed by atoms with Gasteiger partial charge in [0.15, 0.2) is 0 Å². The number of aryl methyl sites for hydroxylation is 3. The molecule has 2 aromatic carbocycles. The van der Waals surface area contributed by atoms with Crippen LogP contribution in [-0.4, -0.2) is 14.2 Å². The minimum atomic E-state index is -3.30. The Hall–Kier alpha value is -2.05. The van der Waals surface area contributed by atoms with Crippen molar-refractivity contribution in [3.8, 4) is 11.2 Å². The van der Waals surface area contributed by atoms with Crippen LogP contribution >= 0.6 is 0 Å². The molecule has 2 nitrogen and oxygen atoms in total. The van der Waals surface area contributed by atoms with Crippen LogP contribution in [0.3, 0.4) is 0 Å². The Kier molecular flexibility index (Phi) is 6.01. The molecule has 2 aromatic rings. The Morgan fingerprint density at radius 1 is 0.826 bits per heavy atom. The Morgan fingerprint density at radius 3 is 1.91 bits per heavy atom. The summed E-state index contributed by atoms with van der Waals surface area (Å²) in [6.45, 7) is 4.06.